The summed E-state index contributed by atoms with van der Waals surface area (Å²) in [6.07, 6.45) is 9.58. The highest BCUT2D eigenvalue weighted by Gasteiger charge is 2.65. The number of amides is 1. The van der Waals surface area contributed by atoms with Crippen molar-refractivity contribution in [2.45, 2.75) is 75.9 Å². The van der Waals surface area contributed by atoms with Gasteiger partial charge in [-0.1, -0.05) is 73.1 Å². The van der Waals surface area contributed by atoms with Crippen molar-refractivity contribution in [2.24, 2.45) is 22.9 Å². The Bertz CT molecular complexity index is 2020. The third-order valence-corrected chi connectivity index (χ3v) is 11.9. The van der Waals surface area contributed by atoms with Gasteiger partial charge in [0.05, 0.1) is 36.4 Å². The number of hydrogen-bond acceptors (Lipinski definition) is 12. The van der Waals surface area contributed by atoms with Gasteiger partial charge in [0.2, 0.25) is 5.79 Å². The Hall–Kier alpha value is -5.54. The Balaban J connectivity index is 1.43. The van der Waals surface area contributed by atoms with Crippen LogP contribution in [0.5, 0.6) is 11.5 Å². The normalized spacial score (nSPS) is 22.9. The van der Waals surface area contributed by atoms with E-state index in [9.17, 15) is 25.1 Å². The zero-order valence-electron chi connectivity index (χ0n) is 35.5. The zero-order chi connectivity index (χ0) is 43.9. The van der Waals surface area contributed by atoms with Gasteiger partial charge in [-0.15, -0.1) is 6.58 Å². The van der Waals surface area contributed by atoms with Gasteiger partial charge in [-0.3, -0.25) is 10.1 Å². The lowest BCUT2D eigenvalue weighted by Crippen LogP contribution is -2.69. The summed E-state index contributed by atoms with van der Waals surface area (Å²) >= 11 is 0. The predicted octanol–water partition coefficient (Wildman–Crippen LogP) is 8.28. The van der Waals surface area contributed by atoms with E-state index in [2.05, 4.69) is 19.2 Å². The van der Waals surface area contributed by atoms with Crippen molar-refractivity contribution in [2.75, 3.05) is 46.7 Å². The number of benzene rings is 3. The number of nitrogens with zero attached hydrogens (tertiary/aromatic N) is 3. The Kier molecular flexibility index (Phi) is 16.7. The van der Waals surface area contributed by atoms with Gasteiger partial charge in [0, 0.05) is 50.3 Å². The highest BCUT2D eigenvalue weighted by Crippen LogP contribution is 2.61. The summed E-state index contributed by atoms with van der Waals surface area (Å²) < 4.78 is 31.8. The van der Waals surface area contributed by atoms with E-state index in [1.807, 2.05) is 48.5 Å². The molecule has 2 aliphatic carbocycles. The largest absolute Gasteiger partial charge is 0.490 e. The molecule has 0 aromatic heterocycles. The van der Waals surface area contributed by atoms with E-state index < -0.39 is 28.8 Å². The number of aliphatic hydroxyl groups is 2. The number of hydrogen-bond donors (Lipinski definition) is 2. The van der Waals surface area contributed by atoms with Crippen molar-refractivity contribution in [3.63, 3.8) is 0 Å². The number of nitro benzene ring substituents is 1. The first kappa shape index (κ1) is 46.0. The SMILES string of the molecule is C=CCOc1ccc2c(c1)C1C(CCCCO)C(CCCCO)C=C3C(=NOCc4ccc([N+](=O)[O-])cc4)CC(N(C)C(=O)OCCOCc4ccccc4)C(OCC=C)(O2)C31. The van der Waals surface area contributed by atoms with Crippen LogP contribution in [-0.2, 0) is 32.3 Å². The van der Waals surface area contributed by atoms with Gasteiger partial charge in [-0.05, 0) is 84.6 Å². The maximum absolute atomic E-state index is 14.1. The quantitative estimate of drug-likeness (QED) is 0.0385. The maximum atomic E-state index is 14.1. The first-order chi connectivity index (χ1) is 30.2. The average molecular weight is 854 g/mol. The molecular formula is C48H59N3O11. The van der Waals surface area contributed by atoms with Crippen molar-refractivity contribution in [1.29, 1.82) is 0 Å². The van der Waals surface area contributed by atoms with Crippen LogP contribution in [0.3, 0.4) is 0 Å². The first-order valence-electron chi connectivity index (χ1n) is 21.4. The standard InChI is InChI=1S/C48H59N3O11/c1-4-25-58-38-21-22-43-41(30-38)45-39(16-10-12-24-53)36(15-9-11-23-52)29-40-42(49-61-33-35-17-19-37(20-18-35)51(55)56)31-44(48(62-43,46(40)45)60-26-5-2)50(3)47(54)59-28-27-57-32-34-13-7-6-8-14-34/h4-8,13-14,17-22,29-30,36,39,44-46,52-53H,1-2,9-12,15-16,23-28,31-33H2,3H3. The number of fused-ring (bicyclic) bond motifs is 2. The fourth-order valence-electron chi connectivity index (χ4n) is 9.05. The number of non-ortho nitro benzene ring substituents is 1. The molecule has 3 aliphatic rings. The van der Waals surface area contributed by atoms with Crippen LogP contribution < -0.4 is 9.47 Å². The Morgan fingerprint density at radius 1 is 0.952 bits per heavy atom. The van der Waals surface area contributed by atoms with Crippen LogP contribution in [0.15, 0.2) is 115 Å². The zero-order valence-corrected chi connectivity index (χ0v) is 35.5. The van der Waals surface area contributed by atoms with E-state index in [-0.39, 0.29) is 69.5 Å². The van der Waals surface area contributed by atoms with Crippen LogP contribution in [0.25, 0.3) is 0 Å². The van der Waals surface area contributed by atoms with Gasteiger partial charge in [0.25, 0.3) is 5.69 Å². The lowest BCUT2D eigenvalue weighted by Gasteiger charge is -2.59. The topological polar surface area (TPSA) is 172 Å². The molecule has 6 rings (SSSR count). The summed E-state index contributed by atoms with van der Waals surface area (Å²) in [5, 5.41) is 35.8. The first-order valence-corrected chi connectivity index (χ1v) is 21.4. The summed E-state index contributed by atoms with van der Waals surface area (Å²) in [6.45, 7) is 8.98. The van der Waals surface area contributed by atoms with E-state index in [0.29, 0.717) is 48.8 Å². The minimum absolute atomic E-state index is 0.0133. The molecule has 1 amide bonds. The van der Waals surface area contributed by atoms with Crippen LogP contribution in [0.4, 0.5) is 10.5 Å². The molecule has 1 fully saturated rings. The molecule has 3 aromatic rings. The molecule has 6 atom stereocenters. The number of nitro groups is 1. The molecule has 6 unspecified atom stereocenters. The number of ether oxygens (including phenoxy) is 5. The number of rotatable bonds is 24. The second kappa shape index (κ2) is 22.5. The molecule has 0 radical (unpaired) electrons. The molecule has 2 N–H and O–H groups in total. The number of carbonyl (C=O) groups is 1. The van der Waals surface area contributed by atoms with Crippen LogP contribution in [-0.4, -0.2) is 90.4 Å². The fourth-order valence-corrected chi connectivity index (χ4v) is 9.05. The van der Waals surface area contributed by atoms with Crippen molar-refractivity contribution < 1.29 is 48.5 Å². The molecule has 0 spiro atoms. The van der Waals surface area contributed by atoms with Gasteiger partial charge >= 0.3 is 6.09 Å². The second-order valence-corrected chi connectivity index (χ2v) is 15.8. The van der Waals surface area contributed by atoms with Gasteiger partial charge in [0.1, 0.15) is 37.4 Å². The smallest absolute Gasteiger partial charge is 0.410 e. The number of likely N-dealkylation sites (N-methyl/N-ethyl adjacent to an activating group) is 1. The number of carbonyl (C=O) groups excluding carboxylic acids is 1. The molecule has 1 heterocycles. The Morgan fingerprint density at radius 2 is 1.68 bits per heavy atom. The maximum Gasteiger partial charge on any atom is 0.410 e. The molecule has 0 bridgehead atoms. The number of aliphatic hydroxyl groups excluding tert-OH is 2. The number of unbranched alkanes of at least 4 members (excludes halogenated alkanes) is 2. The Morgan fingerprint density at radius 3 is 2.39 bits per heavy atom. The summed E-state index contributed by atoms with van der Waals surface area (Å²) in [6, 6.07) is 20.8. The van der Waals surface area contributed by atoms with Gasteiger partial charge in [-0.25, -0.2) is 4.79 Å². The minimum atomic E-state index is -1.46. The number of allylic oxidation sites excluding steroid dienone is 1. The van der Waals surface area contributed by atoms with Crippen LogP contribution in [0.2, 0.25) is 0 Å². The van der Waals surface area contributed by atoms with Gasteiger partial charge in [-0.2, -0.15) is 0 Å². The van der Waals surface area contributed by atoms with E-state index in [4.69, 9.17) is 33.7 Å². The second-order valence-electron chi connectivity index (χ2n) is 15.8. The molecule has 14 nitrogen and oxygen atoms in total. The highest BCUT2D eigenvalue weighted by atomic mass is 16.7. The molecule has 1 saturated carbocycles. The minimum Gasteiger partial charge on any atom is -0.490 e. The van der Waals surface area contributed by atoms with E-state index in [1.54, 1.807) is 31.3 Å². The summed E-state index contributed by atoms with van der Waals surface area (Å²) in [5.74, 6) is -0.918. The van der Waals surface area contributed by atoms with Gasteiger partial charge in [0.15, 0.2) is 0 Å². The average Bonchev–Trinajstić information content (AvgIpc) is 3.29. The lowest BCUT2D eigenvalue weighted by atomic mass is 9.55. The van der Waals surface area contributed by atoms with Crippen LogP contribution >= 0.6 is 0 Å². The third kappa shape index (κ3) is 10.9. The molecule has 332 valence electrons. The molecule has 14 heteroatoms. The van der Waals surface area contributed by atoms with E-state index >= 15 is 0 Å². The predicted molar refractivity (Wildman–Crippen MR) is 234 cm³/mol. The van der Waals surface area contributed by atoms with Crippen molar-refractivity contribution >= 4 is 17.5 Å². The molecular weight excluding hydrogens is 795 g/mol. The van der Waals surface area contributed by atoms with Crippen molar-refractivity contribution in [3.05, 3.63) is 137 Å². The van der Waals surface area contributed by atoms with Gasteiger partial charge < -0.3 is 43.6 Å². The van der Waals surface area contributed by atoms with Crippen LogP contribution in [0, 0.1) is 27.9 Å². The lowest BCUT2D eigenvalue weighted by molar-refractivity contribution is -0.384. The summed E-state index contributed by atoms with van der Waals surface area (Å²) in [7, 11) is 1.67. The Labute approximate surface area is 363 Å². The van der Waals surface area contributed by atoms with Crippen LogP contribution in [0.1, 0.15) is 67.6 Å². The number of oxime groups is 1. The van der Waals surface area contributed by atoms with Crippen molar-refractivity contribution in [1.82, 2.24) is 4.90 Å². The summed E-state index contributed by atoms with van der Waals surface area (Å²) in [5.41, 5.74) is 4.06. The van der Waals surface area contributed by atoms with Crippen molar-refractivity contribution in [3.8, 4) is 11.5 Å². The monoisotopic (exact) mass is 853 g/mol. The highest BCUT2D eigenvalue weighted by molar-refractivity contribution is 6.02. The summed E-state index contributed by atoms with van der Waals surface area (Å²) in [4.78, 5) is 32.6. The molecule has 3 aromatic carbocycles. The fraction of sp³-hybridized carbons (Fsp3) is 0.458. The third-order valence-electron chi connectivity index (χ3n) is 11.9. The molecule has 0 saturated heterocycles. The molecule has 62 heavy (non-hydrogen) atoms. The molecule has 1 aliphatic heterocycles. The van der Waals surface area contributed by atoms with E-state index in [0.717, 1.165) is 42.4 Å². The van der Waals surface area contributed by atoms with E-state index in [1.165, 1.54) is 17.0 Å².